The van der Waals surface area contributed by atoms with E-state index in [0.29, 0.717) is 23.7 Å². The summed E-state index contributed by atoms with van der Waals surface area (Å²) in [6, 6.07) is 5.40. The highest BCUT2D eigenvalue weighted by Gasteiger charge is 2.12. The fourth-order valence-corrected chi connectivity index (χ4v) is 3.83. The highest BCUT2D eigenvalue weighted by Crippen LogP contribution is 2.22. The van der Waals surface area contributed by atoms with Crippen molar-refractivity contribution in [2.45, 2.75) is 24.6 Å². The van der Waals surface area contributed by atoms with Gasteiger partial charge in [-0.15, -0.1) is 10.2 Å². The molecule has 3 rings (SSSR count). The summed E-state index contributed by atoms with van der Waals surface area (Å²) < 4.78 is 6.47. The van der Waals surface area contributed by atoms with Crippen LogP contribution in [0.2, 0.25) is 0 Å². The monoisotopic (exact) mass is 363 g/mol. The minimum Gasteiger partial charge on any atom is -0.460 e. The van der Waals surface area contributed by atoms with E-state index in [1.54, 1.807) is 29.2 Å². The van der Waals surface area contributed by atoms with Crippen molar-refractivity contribution < 1.29 is 9.21 Å². The Morgan fingerprint density at radius 2 is 2.25 bits per heavy atom. The van der Waals surface area contributed by atoms with Gasteiger partial charge in [0.1, 0.15) is 16.5 Å². The number of H-pyrrole nitrogens is 1. The third-order valence-corrected chi connectivity index (χ3v) is 5.21. The summed E-state index contributed by atoms with van der Waals surface area (Å²) >= 11 is 3.23. The van der Waals surface area contributed by atoms with E-state index in [1.165, 1.54) is 0 Å². The van der Waals surface area contributed by atoms with E-state index < -0.39 is 0 Å². The summed E-state index contributed by atoms with van der Waals surface area (Å²) in [7, 11) is 0. The molecule has 3 heterocycles. The second kappa shape index (κ2) is 7.63. The zero-order valence-corrected chi connectivity index (χ0v) is 15.0. The molecule has 0 aliphatic rings. The van der Waals surface area contributed by atoms with Crippen molar-refractivity contribution in [2.75, 3.05) is 12.3 Å². The van der Waals surface area contributed by atoms with Gasteiger partial charge < -0.3 is 9.73 Å². The van der Waals surface area contributed by atoms with Gasteiger partial charge in [0.2, 0.25) is 0 Å². The molecule has 3 aromatic heterocycles. The summed E-state index contributed by atoms with van der Waals surface area (Å²) in [5.41, 5.74) is 1.04. The Bertz CT molecular complexity index is 823. The first kappa shape index (κ1) is 16.7. The predicted molar refractivity (Wildman–Crippen MR) is 93.3 cm³/mol. The maximum Gasteiger partial charge on any atom is 0.271 e. The van der Waals surface area contributed by atoms with Crippen molar-refractivity contribution in [3.05, 3.63) is 34.7 Å². The van der Waals surface area contributed by atoms with Crippen LogP contribution in [0.3, 0.4) is 0 Å². The molecule has 1 amide bonds. The second-order valence-electron chi connectivity index (χ2n) is 5.12. The lowest BCUT2D eigenvalue weighted by Gasteiger charge is -2.01. The molecule has 0 aromatic carbocycles. The van der Waals surface area contributed by atoms with Crippen LogP contribution < -0.4 is 5.32 Å². The predicted octanol–water partition coefficient (Wildman–Crippen LogP) is 3.05. The topological polar surface area (TPSA) is 96.7 Å². The number of amides is 1. The largest absolute Gasteiger partial charge is 0.460 e. The Hall–Kier alpha value is -2.13. The first-order valence-corrected chi connectivity index (χ1v) is 9.25. The fourth-order valence-electron chi connectivity index (χ4n) is 2.00. The van der Waals surface area contributed by atoms with Gasteiger partial charge in [0.15, 0.2) is 15.8 Å². The van der Waals surface area contributed by atoms with Crippen LogP contribution in [0.1, 0.15) is 27.7 Å². The highest BCUT2D eigenvalue weighted by atomic mass is 32.2. The molecule has 3 aromatic rings. The van der Waals surface area contributed by atoms with Crippen LogP contribution in [-0.4, -0.2) is 38.6 Å². The fraction of sp³-hybridized carbons (Fsp3) is 0.333. The summed E-state index contributed by atoms with van der Waals surface area (Å²) in [6.45, 7) is 4.39. The number of carbonyl (C=O) groups is 1. The molecule has 0 aliphatic carbocycles. The van der Waals surface area contributed by atoms with E-state index in [0.717, 1.165) is 27.3 Å². The molecule has 0 atom stereocenters. The first-order valence-electron chi connectivity index (χ1n) is 7.45. The van der Waals surface area contributed by atoms with Gasteiger partial charge in [0, 0.05) is 18.4 Å². The summed E-state index contributed by atoms with van der Waals surface area (Å²) in [4.78, 5) is 12.1. The molecule has 0 fully saturated rings. The van der Waals surface area contributed by atoms with Crippen LogP contribution >= 0.6 is 23.1 Å². The average Bonchev–Trinajstić information content (AvgIpc) is 3.27. The second-order valence-corrected chi connectivity index (χ2v) is 7.65. The van der Waals surface area contributed by atoms with E-state index in [2.05, 4.69) is 25.7 Å². The zero-order chi connectivity index (χ0) is 16.9. The van der Waals surface area contributed by atoms with Gasteiger partial charge in [-0.1, -0.05) is 23.1 Å². The maximum absolute atomic E-state index is 12.1. The lowest BCUT2D eigenvalue weighted by atomic mass is 10.3. The number of aromatic amines is 1. The van der Waals surface area contributed by atoms with Crippen molar-refractivity contribution >= 4 is 29.0 Å². The number of aromatic nitrogens is 4. The van der Waals surface area contributed by atoms with Gasteiger partial charge in [-0.3, -0.25) is 9.89 Å². The van der Waals surface area contributed by atoms with Gasteiger partial charge in [0.25, 0.3) is 5.91 Å². The van der Waals surface area contributed by atoms with E-state index in [-0.39, 0.29) is 5.91 Å². The van der Waals surface area contributed by atoms with Gasteiger partial charge in [-0.2, -0.15) is 5.10 Å². The number of nitrogens with zero attached hydrogens (tertiary/aromatic N) is 3. The summed E-state index contributed by atoms with van der Waals surface area (Å²) in [6.07, 6.45) is 0.851. The van der Waals surface area contributed by atoms with Crippen LogP contribution in [0.25, 0.3) is 11.5 Å². The van der Waals surface area contributed by atoms with Crippen molar-refractivity contribution in [3.8, 4) is 11.5 Å². The van der Waals surface area contributed by atoms with Crippen molar-refractivity contribution in [1.29, 1.82) is 0 Å². The number of nitrogens with one attached hydrogen (secondary N) is 2. The van der Waals surface area contributed by atoms with Crippen LogP contribution in [0, 0.1) is 13.8 Å². The Morgan fingerprint density at radius 3 is 2.96 bits per heavy atom. The molecule has 0 radical (unpaired) electrons. The molecule has 126 valence electrons. The van der Waals surface area contributed by atoms with Crippen LogP contribution in [0.4, 0.5) is 0 Å². The van der Waals surface area contributed by atoms with Crippen LogP contribution in [-0.2, 0) is 0 Å². The van der Waals surface area contributed by atoms with E-state index >= 15 is 0 Å². The Labute approximate surface area is 147 Å². The number of furan rings is 1. The van der Waals surface area contributed by atoms with Crippen molar-refractivity contribution in [2.24, 2.45) is 0 Å². The molecule has 0 saturated heterocycles. The zero-order valence-electron chi connectivity index (χ0n) is 13.3. The lowest BCUT2D eigenvalue weighted by molar-refractivity contribution is 0.0949. The lowest BCUT2D eigenvalue weighted by Crippen LogP contribution is -2.25. The minimum absolute atomic E-state index is 0.197. The number of hydrogen-bond acceptors (Lipinski definition) is 7. The van der Waals surface area contributed by atoms with E-state index in [9.17, 15) is 4.79 Å². The van der Waals surface area contributed by atoms with Gasteiger partial charge in [-0.25, -0.2) is 0 Å². The smallest absolute Gasteiger partial charge is 0.271 e. The molecule has 0 aliphatic heterocycles. The number of carbonyl (C=O) groups excluding carboxylic acids is 1. The molecule has 24 heavy (non-hydrogen) atoms. The molecule has 9 heteroatoms. The molecule has 0 unspecified atom stereocenters. The Morgan fingerprint density at radius 1 is 1.38 bits per heavy atom. The van der Waals surface area contributed by atoms with E-state index in [1.807, 2.05) is 26.0 Å². The van der Waals surface area contributed by atoms with Crippen molar-refractivity contribution in [1.82, 2.24) is 25.7 Å². The number of thioether (sulfide) groups is 1. The molecule has 2 N–H and O–H groups in total. The quantitative estimate of drug-likeness (QED) is 0.495. The standard InChI is InChI=1S/C15H17N5O2S2/c1-9-4-5-13(22-9)11-8-12(19-18-11)14(21)16-6-3-7-23-15-20-17-10(2)24-15/h4-5,8H,3,6-7H2,1-2H3,(H,16,21)(H,18,19). The third kappa shape index (κ3) is 4.24. The number of rotatable bonds is 7. The Balaban J connectivity index is 1.43. The normalized spacial score (nSPS) is 10.9. The molecular weight excluding hydrogens is 346 g/mol. The van der Waals surface area contributed by atoms with Crippen LogP contribution in [0.5, 0.6) is 0 Å². The summed E-state index contributed by atoms with van der Waals surface area (Å²) in [5.74, 6) is 2.17. The highest BCUT2D eigenvalue weighted by molar-refractivity contribution is 8.01. The third-order valence-electron chi connectivity index (χ3n) is 3.16. The minimum atomic E-state index is -0.197. The number of aryl methyl sites for hydroxylation is 2. The van der Waals surface area contributed by atoms with Crippen LogP contribution in [0.15, 0.2) is 27.0 Å². The van der Waals surface area contributed by atoms with Gasteiger partial charge in [0.05, 0.1) is 0 Å². The molecule has 7 nitrogen and oxygen atoms in total. The molecular formula is C15H17N5O2S2. The average molecular weight is 363 g/mol. The molecule has 0 bridgehead atoms. The van der Waals surface area contributed by atoms with Gasteiger partial charge in [-0.05, 0) is 32.4 Å². The SMILES string of the molecule is Cc1ccc(-c2cc(C(=O)NCCCSc3nnc(C)s3)n[nH]2)o1. The summed E-state index contributed by atoms with van der Waals surface area (Å²) in [5, 5.41) is 18.7. The molecule has 0 spiro atoms. The Kier molecular flexibility index (Phi) is 5.31. The number of hydrogen-bond donors (Lipinski definition) is 2. The first-order chi connectivity index (χ1) is 11.6. The van der Waals surface area contributed by atoms with Crippen molar-refractivity contribution in [3.63, 3.8) is 0 Å². The maximum atomic E-state index is 12.1. The molecule has 0 saturated carbocycles. The van der Waals surface area contributed by atoms with E-state index in [4.69, 9.17) is 4.42 Å². The van der Waals surface area contributed by atoms with Gasteiger partial charge >= 0.3 is 0 Å².